The third-order valence-corrected chi connectivity index (χ3v) is 10.3. The molecule has 0 N–H and O–H groups in total. The molecule has 0 radical (unpaired) electrons. The Morgan fingerprint density at radius 1 is 1.09 bits per heavy atom. The normalized spacial score (nSPS) is 20.8. The summed E-state index contributed by atoms with van der Waals surface area (Å²) in [6.45, 7) is 19.5. The van der Waals surface area contributed by atoms with Crippen molar-refractivity contribution in [3.63, 3.8) is 0 Å². The van der Waals surface area contributed by atoms with Gasteiger partial charge in [0.25, 0.3) is 5.91 Å². The Kier molecular flexibility index (Phi) is 8.28. The first kappa shape index (κ1) is 30.4. The number of rotatable bonds is 9. The van der Waals surface area contributed by atoms with E-state index in [4.69, 9.17) is 21.3 Å². The third-order valence-electron chi connectivity index (χ3n) is 10.3. The molecule has 10 heteroatoms. The molecule has 1 atom stereocenters. The molecule has 4 heterocycles. The van der Waals surface area contributed by atoms with Gasteiger partial charge in [0.2, 0.25) is 6.54 Å². The minimum absolute atomic E-state index is 0.0827. The summed E-state index contributed by atoms with van der Waals surface area (Å²) in [4.78, 5) is 34.8. The van der Waals surface area contributed by atoms with Crippen LogP contribution < -0.4 is 14.5 Å². The van der Waals surface area contributed by atoms with Crippen molar-refractivity contribution in [1.82, 2.24) is 19.8 Å². The molecule has 3 aromatic rings. The number of fused-ring (bicyclic) bond motifs is 2. The van der Waals surface area contributed by atoms with Crippen LogP contribution in [0.2, 0.25) is 0 Å². The van der Waals surface area contributed by atoms with Crippen molar-refractivity contribution < 1.29 is 13.9 Å². The standard InChI is InChI=1S/C36H42FN7O2/c1-25-8-6-9-27-10-7-11-31(32(25)27)42-17-12-29-30(22-42)39-35(46-24-36(13-14-36)23-41-15-4-5-16-41)40-33(29)43-18-19-44(34(45)26(2)37)28(21-43)20-38-3/h6-11,28H,2,4-5,12-24H2,1H3. The van der Waals surface area contributed by atoms with E-state index in [2.05, 4.69) is 69.4 Å². The summed E-state index contributed by atoms with van der Waals surface area (Å²) in [6.07, 6.45) is 5.61. The van der Waals surface area contributed by atoms with Gasteiger partial charge < -0.3 is 29.2 Å². The van der Waals surface area contributed by atoms with Crippen LogP contribution in [-0.2, 0) is 17.8 Å². The number of ether oxygens (including phenoxy) is 1. The summed E-state index contributed by atoms with van der Waals surface area (Å²) in [5.41, 5.74) is 4.63. The molecule has 240 valence electrons. The molecule has 1 amide bonds. The first-order valence-corrected chi connectivity index (χ1v) is 16.6. The highest BCUT2D eigenvalue weighted by atomic mass is 19.1. The number of benzene rings is 2. The Hall–Kier alpha value is -4.23. The van der Waals surface area contributed by atoms with Gasteiger partial charge in [-0.2, -0.15) is 9.97 Å². The highest BCUT2D eigenvalue weighted by Gasteiger charge is 2.45. The number of carbonyl (C=O) groups is 1. The molecule has 0 spiro atoms. The lowest BCUT2D eigenvalue weighted by Gasteiger charge is -2.41. The summed E-state index contributed by atoms with van der Waals surface area (Å²) in [7, 11) is 0. The van der Waals surface area contributed by atoms with Crippen molar-refractivity contribution in [2.45, 2.75) is 51.6 Å². The lowest BCUT2D eigenvalue weighted by Crippen LogP contribution is -2.57. The van der Waals surface area contributed by atoms with E-state index in [-0.39, 0.29) is 18.5 Å². The molecule has 7 rings (SSSR count). The molecule has 2 aromatic carbocycles. The van der Waals surface area contributed by atoms with Crippen molar-refractivity contribution in [2.75, 3.05) is 68.8 Å². The lowest BCUT2D eigenvalue weighted by molar-refractivity contribution is -0.131. The second kappa shape index (κ2) is 12.5. The molecule has 1 aromatic heterocycles. The van der Waals surface area contributed by atoms with Crippen molar-refractivity contribution in [2.24, 2.45) is 5.41 Å². The van der Waals surface area contributed by atoms with Crippen molar-refractivity contribution in [1.29, 1.82) is 0 Å². The zero-order valence-corrected chi connectivity index (χ0v) is 26.7. The molecule has 3 fully saturated rings. The number of halogens is 1. The number of amides is 1. The Bertz CT molecular complexity index is 1690. The summed E-state index contributed by atoms with van der Waals surface area (Å²) in [5.74, 6) is -0.930. The molecular weight excluding hydrogens is 581 g/mol. The van der Waals surface area contributed by atoms with Gasteiger partial charge in [-0.15, -0.1) is 0 Å². The van der Waals surface area contributed by atoms with Gasteiger partial charge in [-0.05, 0) is 69.1 Å². The quantitative estimate of drug-likeness (QED) is 0.241. The number of hydrogen-bond acceptors (Lipinski definition) is 7. The van der Waals surface area contributed by atoms with Crippen molar-refractivity contribution >= 4 is 28.2 Å². The Balaban J connectivity index is 1.20. The zero-order valence-electron chi connectivity index (χ0n) is 26.7. The van der Waals surface area contributed by atoms with Gasteiger partial charge >= 0.3 is 6.01 Å². The molecule has 4 aliphatic rings. The van der Waals surface area contributed by atoms with Crippen LogP contribution in [0.25, 0.3) is 15.6 Å². The fourth-order valence-corrected chi connectivity index (χ4v) is 7.58. The minimum atomic E-state index is -0.995. The third kappa shape index (κ3) is 6.01. The maximum absolute atomic E-state index is 13.9. The van der Waals surface area contributed by atoms with E-state index in [1.807, 2.05) is 0 Å². The van der Waals surface area contributed by atoms with E-state index in [1.165, 1.54) is 52.9 Å². The van der Waals surface area contributed by atoms with Crippen molar-refractivity contribution in [3.8, 4) is 6.01 Å². The molecule has 1 saturated carbocycles. The van der Waals surface area contributed by atoms with Crippen LogP contribution in [0.3, 0.4) is 0 Å². The van der Waals surface area contributed by atoms with Gasteiger partial charge in [-0.25, -0.2) is 11.0 Å². The van der Waals surface area contributed by atoms with Crippen LogP contribution in [-0.4, -0.2) is 90.7 Å². The molecule has 0 bridgehead atoms. The first-order chi connectivity index (χ1) is 22.3. The van der Waals surface area contributed by atoms with Crippen LogP contribution in [0, 0.1) is 18.9 Å². The average Bonchev–Trinajstić information content (AvgIpc) is 3.64. The van der Waals surface area contributed by atoms with E-state index in [1.54, 1.807) is 0 Å². The summed E-state index contributed by atoms with van der Waals surface area (Å²) < 4.78 is 20.4. The highest BCUT2D eigenvalue weighted by Crippen LogP contribution is 2.47. The van der Waals surface area contributed by atoms with Crippen LogP contribution in [0.1, 0.15) is 42.5 Å². The largest absolute Gasteiger partial charge is 0.463 e. The number of piperazine rings is 1. The molecule has 1 aliphatic carbocycles. The lowest BCUT2D eigenvalue weighted by atomic mass is 9.99. The van der Waals surface area contributed by atoms with Gasteiger partial charge in [-0.3, -0.25) is 4.79 Å². The topological polar surface area (TPSA) is 69.4 Å². The number of carbonyl (C=O) groups excluding carboxylic acids is 1. The van der Waals surface area contributed by atoms with Gasteiger partial charge in [0.05, 0.1) is 18.8 Å². The number of aromatic nitrogens is 2. The number of anilines is 2. The molecule has 9 nitrogen and oxygen atoms in total. The zero-order chi connectivity index (χ0) is 31.8. The van der Waals surface area contributed by atoms with Crippen molar-refractivity contribution in [3.05, 3.63) is 77.0 Å². The fourth-order valence-electron chi connectivity index (χ4n) is 7.58. The average molecular weight is 624 g/mol. The van der Waals surface area contributed by atoms with E-state index < -0.39 is 17.8 Å². The van der Waals surface area contributed by atoms with E-state index in [0.717, 1.165) is 49.4 Å². The van der Waals surface area contributed by atoms with E-state index >= 15 is 0 Å². The highest BCUT2D eigenvalue weighted by molar-refractivity contribution is 5.97. The Morgan fingerprint density at radius 3 is 2.61 bits per heavy atom. The maximum atomic E-state index is 13.9. The molecule has 46 heavy (non-hydrogen) atoms. The second-order valence-electron chi connectivity index (χ2n) is 13.5. The molecule has 3 aliphatic heterocycles. The second-order valence-corrected chi connectivity index (χ2v) is 13.5. The van der Waals surface area contributed by atoms with Crippen LogP contribution in [0.5, 0.6) is 6.01 Å². The summed E-state index contributed by atoms with van der Waals surface area (Å²) in [5, 5.41) is 2.48. The molecule has 2 saturated heterocycles. The van der Waals surface area contributed by atoms with E-state index in [9.17, 15) is 9.18 Å². The van der Waals surface area contributed by atoms with Gasteiger partial charge in [0, 0.05) is 54.8 Å². The first-order valence-electron chi connectivity index (χ1n) is 16.6. The predicted molar refractivity (Wildman–Crippen MR) is 178 cm³/mol. The predicted octanol–water partition coefficient (Wildman–Crippen LogP) is 5.18. The molecule has 1 unspecified atom stereocenters. The summed E-state index contributed by atoms with van der Waals surface area (Å²) >= 11 is 0. The van der Waals surface area contributed by atoms with Crippen LogP contribution in [0.4, 0.5) is 15.9 Å². The smallest absolute Gasteiger partial charge is 0.318 e. The number of likely N-dealkylation sites (tertiary alicyclic amines) is 1. The SMILES string of the molecule is [C-]#[N+]CC1CN(c2nc(OCC3(CN4CCCC4)CC3)nc3c2CCN(c2cccc4cccc(C)c24)C3)CCN1C(=O)C(=C)F. The Morgan fingerprint density at radius 2 is 1.87 bits per heavy atom. The van der Waals surface area contributed by atoms with Crippen LogP contribution >= 0.6 is 0 Å². The van der Waals surface area contributed by atoms with Crippen LogP contribution in [0.15, 0.2) is 48.8 Å². The fraction of sp³-hybridized carbons (Fsp3) is 0.500. The van der Waals surface area contributed by atoms with E-state index in [0.29, 0.717) is 32.3 Å². The summed E-state index contributed by atoms with van der Waals surface area (Å²) in [6, 6.07) is 12.8. The number of aryl methyl sites for hydroxylation is 1. The monoisotopic (exact) mass is 623 g/mol. The number of nitrogens with zero attached hydrogens (tertiary/aromatic N) is 7. The Labute approximate surface area is 270 Å². The van der Waals surface area contributed by atoms with Gasteiger partial charge in [0.15, 0.2) is 5.83 Å². The number of hydrogen-bond donors (Lipinski definition) is 0. The van der Waals surface area contributed by atoms with Gasteiger partial charge in [-0.1, -0.05) is 36.9 Å². The minimum Gasteiger partial charge on any atom is -0.463 e. The van der Waals surface area contributed by atoms with Gasteiger partial charge in [0.1, 0.15) is 11.9 Å². The molecular formula is C36H42FN7O2. The maximum Gasteiger partial charge on any atom is 0.318 e.